The first-order valence-electron chi connectivity index (χ1n) is 8.84. The van der Waals surface area contributed by atoms with Gasteiger partial charge in [-0.1, -0.05) is 86.8 Å². The Morgan fingerprint density at radius 1 is 1.08 bits per heavy atom. The predicted octanol–water partition coefficient (Wildman–Crippen LogP) is 5.21. The first kappa shape index (κ1) is 21.3. The molecule has 26 heavy (non-hydrogen) atoms. The van der Waals surface area contributed by atoms with E-state index in [9.17, 15) is 4.79 Å². The van der Waals surface area contributed by atoms with Crippen LogP contribution in [-0.2, 0) is 10.5 Å². The topological polar surface area (TPSA) is 54.9 Å². The van der Waals surface area contributed by atoms with Crippen LogP contribution < -0.4 is 5.32 Å². The van der Waals surface area contributed by atoms with Crippen LogP contribution in [0.5, 0.6) is 0 Å². The van der Waals surface area contributed by atoms with Gasteiger partial charge in [0.25, 0.3) is 0 Å². The molecule has 1 aromatic heterocycles. The lowest BCUT2D eigenvalue weighted by molar-refractivity contribution is -0.120. The highest BCUT2D eigenvalue weighted by molar-refractivity contribution is 8.03. The number of rotatable bonds is 9. The Hall–Kier alpha value is -1.05. The maximum atomic E-state index is 12.1. The molecule has 0 saturated heterocycles. The molecule has 1 aromatic carbocycles. The maximum absolute atomic E-state index is 12.1. The molecule has 2 rings (SSSR count). The van der Waals surface area contributed by atoms with Crippen molar-refractivity contribution in [3.63, 3.8) is 0 Å². The molecule has 0 fully saturated rings. The summed E-state index contributed by atoms with van der Waals surface area (Å²) in [5.74, 6) is 1.94. The van der Waals surface area contributed by atoms with Crippen LogP contribution in [0.3, 0.4) is 0 Å². The van der Waals surface area contributed by atoms with Crippen molar-refractivity contribution in [2.75, 3.05) is 6.54 Å². The summed E-state index contributed by atoms with van der Waals surface area (Å²) in [5, 5.41) is 11.3. The second-order valence-electron chi connectivity index (χ2n) is 6.92. The molecule has 2 aromatic rings. The molecule has 1 N–H and O–H groups in total. The Morgan fingerprint density at radius 3 is 2.35 bits per heavy atom. The van der Waals surface area contributed by atoms with Crippen LogP contribution >= 0.6 is 34.9 Å². The standard InChI is InChI=1S/C19H27N3OS3/c1-12(2)10-20-17(23)14(5)25-19-22-21-18(26-19)24-11-15-6-8-16(9-7-15)13(3)4/h6-9,12-14H,10-11H2,1-5H3,(H,20,23). The average molecular weight is 410 g/mol. The van der Waals surface area contributed by atoms with E-state index in [0.29, 0.717) is 18.4 Å². The molecule has 7 heteroatoms. The number of amides is 1. The molecule has 0 aliphatic rings. The minimum Gasteiger partial charge on any atom is -0.355 e. The molecule has 1 amide bonds. The van der Waals surface area contributed by atoms with Gasteiger partial charge in [-0.3, -0.25) is 4.79 Å². The Bertz CT molecular complexity index is 698. The van der Waals surface area contributed by atoms with E-state index in [0.717, 1.165) is 14.4 Å². The van der Waals surface area contributed by atoms with E-state index < -0.39 is 0 Å². The van der Waals surface area contributed by atoms with Crippen molar-refractivity contribution >= 4 is 40.8 Å². The molecule has 0 radical (unpaired) electrons. The van der Waals surface area contributed by atoms with Crippen molar-refractivity contribution in [2.24, 2.45) is 5.92 Å². The predicted molar refractivity (Wildman–Crippen MR) is 113 cm³/mol. The molecule has 0 bridgehead atoms. The van der Waals surface area contributed by atoms with Crippen LogP contribution in [0.2, 0.25) is 0 Å². The van der Waals surface area contributed by atoms with Crippen molar-refractivity contribution in [1.82, 2.24) is 15.5 Å². The molecule has 0 aliphatic heterocycles. The quantitative estimate of drug-likeness (QED) is 0.576. The number of thioether (sulfide) groups is 2. The van der Waals surface area contributed by atoms with Gasteiger partial charge in [-0.2, -0.15) is 0 Å². The first-order valence-corrected chi connectivity index (χ1v) is 11.5. The second kappa shape index (κ2) is 10.3. The van der Waals surface area contributed by atoms with Crippen LogP contribution in [0.4, 0.5) is 0 Å². The molecule has 1 heterocycles. The molecule has 0 spiro atoms. The molecular weight excluding hydrogens is 382 g/mol. The highest BCUT2D eigenvalue weighted by Crippen LogP contribution is 2.32. The zero-order valence-corrected chi connectivity index (χ0v) is 18.4. The molecule has 1 unspecified atom stereocenters. The van der Waals surface area contributed by atoms with Gasteiger partial charge >= 0.3 is 0 Å². The van der Waals surface area contributed by atoms with Crippen molar-refractivity contribution in [3.05, 3.63) is 35.4 Å². The summed E-state index contributed by atoms with van der Waals surface area (Å²) in [6.07, 6.45) is 0. The highest BCUT2D eigenvalue weighted by atomic mass is 32.2. The highest BCUT2D eigenvalue weighted by Gasteiger charge is 2.17. The Balaban J connectivity index is 1.82. The smallest absolute Gasteiger partial charge is 0.233 e. The van der Waals surface area contributed by atoms with Gasteiger partial charge in [-0.25, -0.2) is 0 Å². The van der Waals surface area contributed by atoms with Crippen LogP contribution in [-0.4, -0.2) is 27.9 Å². The molecular formula is C19H27N3OS3. The summed E-state index contributed by atoms with van der Waals surface area (Å²) in [5.41, 5.74) is 2.64. The largest absolute Gasteiger partial charge is 0.355 e. The number of aromatic nitrogens is 2. The Morgan fingerprint density at radius 2 is 1.73 bits per heavy atom. The lowest BCUT2D eigenvalue weighted by Gasteiger charge is -2.11. The SMILES string of the molecule is CC(C)CNC(=O)C(C)Sc1nnc(SCc2ccc(C(C)C)cc2)s1. The Kier molecular flexibility index (Phi) is 8.44. The summed E-state index contributed by atoms with van der Waals surface area (Å²) in [7, 11) is 0. The monoisotopic (exact) mass is 409 g/mol. The molecule has 0 saturated carbocycles. The molecule has 0 aliphatic carbocycles. The van der Waals surface area contributed by atoms with Crippen molar-refractivity contribution in [2.45, 2.75) is 60.2 Å². The van der Waals surface area contributed by atoms with E-state index in [2.05, 4.69) is 67.5 Å². The number of carbonyl (C=O) groups is 1. The third kappa shape index (κ3) is 6.93. The summed E-state index contributed by atoms with van der Waals surface area (Å²) < 4.78 is 1.78. The van der Waals surface area contributed by atoms with Crippen LogP contribution in [0.25, 0.3) is 0 Å². The fraction of sp³-hybridized carbons (Fsp3) is 0.526. The first-order chi connectivity index (χ1) is 12.3. The third-order valence-electron chi connectivity index (χ3n) is 3.73. The van der Waals surface area contributed by atoms with E-state index in [4.69, 9.17) is 0 Å². The number of nitrogens with zero attached hydrogens (tertiary/aromatic N) is 2. The third-order valence-corrected chi connectivity index (χ3v) is 7.04. The van der Waals surface area contributed by atoms with Crippen LogP contribution in [0.15, 0.2) is 32.9 Å². The van der Waals surface area contributed by atoms with Gasteiger partial charge in [0.2, 0.25) is 5.91 Å². The number of benzene rings is 1. The van der Waals surface area contributed by atoms with Gasteiger partial charge < -0.3 is 5.32 Å². The van der Waals surface area contributed by atoms with Crippen LogP contribution in [0.1, 0.15) is 51.7 Å². The number of hydrogen-bond donors (Lipinski definition) is 1. The lowest BCUT2D eigenvalue weighted by Crippen LogP contribution is -2.33. The normalized spacial score (nSPS) is 12.6. The zero-order chi connectivity index (χ0) is 19.1. The summed E-state index contributed by atoms with van der Waals surface area (Å²) in [4.78, 5) is 12.1. The van der Waals surface area contributed by atoms with E-state index in [1.807, 2.05) is 6.92 Å². The minimum absolute atomic E-state index is 0.0540. The van der Waals surface area contributed by atoms with Gasteiger partial charge in [0.1, 0.15) is 0 Å². The lowest BCUT2D eigenvalue weighted by atomic mass is 10.0. The minimum atomic E-state index is -0.164. The number of nitrogens with one attached hydrogen (secondary N) is 1. The summed E-state index contributed by atoms with van der Waals surface area (Å²) in [6, 6.07) is 8.75. The fourth-order valence-corrected chi connectivity index (χ4v) is 5.24. The second-order valence-corrected chi connectivity index (χ2v) is 10.7. The van der Waals surface area contributed by atoms with Gasteiger partial charge in [0, 0.05) is 12.3 Å². The fourth-order valence-electron chi connectivity index (χ4n) is 2.10. The van der Waals surface area contributed by atoms with Crippen LogP contribution in [0, 0.1) is 5.92 Å². The van der Waals surface area contributed by atoms with Gasteiger partial charge in [0.05, 0.1) is 5.25 Å². The van der Waals surface area contributed by atoms with E-state index in [1.54, 1.807) is 23.1 Å². The summed E-state index contributed by atoms with van der Waals surface area (Å²) >= 11 is 4.71. The molecule has 1 atom stereocenters. The number of hydrogen-bond acceptors (Lipinski definition) is 6. The van der Waals surface area contributed by atoms with Gasteiger partial charge in [-0.15, -0.1) is 10.2 Å². The van der Waals surface area contributed by atoms with E-state index in [-0.39, 0.29) is 11.2 Å². The zero-order valence-electron chi connectivity index (χ0n) is 16.0. The van der Waals surface area contributed by atoms with Gasteiger partial charge in [-0.05, 0) is 29.9 Å². The molecule has 142 valence electrons. The van der Waals surface area contributed by atoms with E-state index in [1.165, 1.54) is 22.9 Å². The van der Waals surface area contributed by atoms with Crippen molar-refractivity contribution < 1.29 is 4.79 Å². The van der Waals surface area contributed by atoms with E-state index >= 15 is 0 Å². The molecule has 4 nitrogen and oxygen atoms in total. The maximum Gasteiger partial charge on any atom is 0.233 e. The number of carbonyl (C=O) groups excluding carboxylic acids is 1. The van der Waals surface area contributed by atoms with Crippen molar-refractivity contribution in [1.29, 1.82) is 0 Å². The average Bonchev–Trinajstić information content (AvgIpc) is 3.05. The van der Waals surface area contributed by atoms with Gasteiger partial charge in [0.15, 0.2) is 8.68 Å². The summed E-state index contributed by atoms with van der Waals surface area (Å²) in [6.45, 7) is 11.2. The Labute approximate surface area is 169 Å². The van der Waals surface area contributed by atoms with Crippen molar-refractivity contribution in [3.8, 4) is 0 Å².